The van der Waals surface area contributed by atoms with Crippen LogP contribution in [0.3, 0.4) is 0 Å². The highest BCUT2D eigenvalue weighted by molar-refractivity contribution is 9.10. The van der Waals surface area contributed by atoms with Gasteiger partial charge in [0.25, 0.3) is 0 Å². The van der Waals surface area contributed by atoms with Crippen LogP contribution in [0.5, 0.6) is 5.75 Å². The van der Waals surface area contributed by atoms with Gasteiger partial charge in [-0.25, -0.2) is 0 Å². The van der Waals surface area contributed by atoms with Gasteiger partial charge in [0.1, 0.15) is 5.75 Å². The van der Waals surface area contributed by atoms with Crippen molar-refractivity contribution in [2.24, 2.45) is 5.73 Å². The van der Waals surface area contributed by atoms with Crippen LogP contribution in [0, 0.1) is 0 Å². The van der Waals surface area contributed by atoms with E-state index >= 15 is 0 Å². The minimum atomic E-state index is 0.518. The third kappa shape index (κ3) is 3.50. The Bertz CT molecular complexity index is 425. The lowest BCUT2D eigenvalue weighted by Gasteiger charge is -2.40. The highest BCUT2D eigenvalue weighted by Crippen LogP contribution is 2.28. The lowest BCUT2D eigenvalue weighted by Crippen LogP contribution is -2.48. The van der Waals surface area contributed by atoms with Crippen molar-refractivity contribution in [2.75, 3.05) is 13.7 Å². The monoisotopic (exact) mass is 326 g/mol. The van der Waals surface area contributed by atoms with Crippen LogP contribution in [0.1, 0.15) is 31.7 Å². The fraction of sp³-hybridized carbons (Fsp3) is 0.600. The van der Waals surface area contributed by atoms with Crippen molar-refractivity contribution >= 4 is 15.9 Å². The summed E-state index contributed by atoms with van der Waals surface area (Å²) in [6.07, 6.45) is 3.79. The first-order valence-corrected chi connectivity index (χ1v) is 7.73. The molecule has 0 amide bonds. The molecule has 0 saturated carbocycles. The Morgan fingerprint density at radius 1 is 1.42 bits per heavy atom. The number of nitrogens with zero attached hydrogens (tertiary/aromatic N) is 1. The average molecular weight is 327 g/mol. The second-order valence-corrected chi connectivity index (χ2v) is 6.17. The number of likely N-dealkylation sites (tertiary alicyclic amines) is 1. The van der Waals surface area contributed by atoms with E-state index in [4.69, 9.17) is 10.5 Å². The van der Waals surface area contributed by atoms with Crippen molar-refractivity contribution in [1.82, 2.24) is 4.90 Å². The molecule has 2 unspecified atom stereocenters. The van der Waals surface area contributed by atoms with Crippen molar-refractivity contribution in [1.29, 1.82) is 0 Å². The first kappa shape index (κ1) is 14.8. The molecule has 2 rings (SSSR count). The van der Waals surface area contributed by atoms with Gasteiger partial charge >= 0.3 is 0 Å². The molecule has 0 aromatic heterocycles. The molecule has 1 saturated heterocycles. The quantitative estimate of drug-likeness (QED) is 0.923. The summed E-state index contributed by atoms with van der Waals surface area (Å²) in [4.78, 5) is 2.54. The van der Waals surface area contributed by atoms with Gasteiger partial charge in [0.2, 0.25) is 0 Å². The van der Waals surface area contributed by atoms with Crippen LogP contribution in [-0.4, -0.2) is 30.6 Å². The lowest BCUT2D eigenvalue weighted by atomic mass is 9.95. The second kappa shape index (κ2) is 6.73. The Morgan fingerprint density at radius 2 is 2.21 bits per heavy atom. The van der Waals surface area contributed by atoms with Crippen LogP contribution < -0.4 is 10.5 Å². The lowest BCUT2D eigenvalue weighted by molar-refractivity contribution is 0.0892. The largest absolute Gasteiger partial charge is 0.496 e. The van der Waals surface area contributed by atoms with Crippen LogP contribution in [0.25, 0.3) is 0 Å². The molecule has 0 radical (unpaired) electrons. The summed E-state index contributed by atoms with van der Waals surface area (Å²) in [5.41, 5.74) is 7.22. The van der Waals surface area contributed by atoms with Crippen molar-refractivity contribution in [2.45, 2.75) is 44.8 Å². The Labute approximate surface area is 124 Å². The number of methoxy groups -OCH3 is 1. The standard InChI is InChI=1S/C15H23BrN2O/c1-11-4-3-5-13(9-17)18(11)10-12-6-7-15(19-2)14(16)8-12/h6-8,11,13H,3-5,9-10,17H2,1-2H3. The van der Waals surface area contributed by atoms with Gasteiger partial charge in [0, 0.05) is 25.2 Å². The van der Waals surface area contributed by atoms with Crippen molar-refractivity contribution in [3.63, 3.8) is 0 Å². The van der Waals surface area contributed by atoms with Crippen molar-refractivity contribution in [3.05, 3.63) is 28.2 Å². The molecule has 3 nitrogen and oxygen atoms in total. The van der Waals surface area contributed by atoms with Gasteiger partial charge in [-0.3, -0.25) is 4.90 Å². The van der Waals surface area contributed by atoms with E-state index in [1.807, 2.05) is 6.07 Å². The van der Waals surface area contributed by atoms with Crippen molar-refractivity contribution < 1.29 is 4.74 Å². The first-order valence-electron chi connectivity index (χ1n) is 6.94. The van der Waals surface area contributed by atoms with Crippen LogP contribution in [0.2, 0.25) is 0 Å². The fourth-order valence-electron chi connectivity index (χ4n) is 2.90. The summed E-state index contributed by atoms with van der Waals surface area (Å²) in [7, 11) is 1.69. The predicted octanol–water partition coefficient (Wildman–Crippen LogP) is 3.16. The van der Waals surface area contributed by atoms with Crippen LogP contribution in [-0.2, 0) is 6.54 Å². The second-order valence-electron chi connectivity index (χ2n) is 5.31. The molecule has 1 heterocycles. The molecule has 1 aliphatic heterocycles. The molecule has 0 spiro atoms. The number of nitrogens with two attached hydrogens (primary N) is 1. The molecular weight excluding hydrogens is 304 g/mol. The van der Waals surface area contributed by atoms with Gasteiger partial charge in [-0.15, -0.1) is 0 Å². The minimum absolute atomic E-state index is 0.518. The van der Waals surface area contributed by atoms with Crippen LogP contribution in [0.4, 0.5) is 0 Å². The summed E-state index contributed by atoms with van der Waals surface area (Å²) in [6, 6.07) is 7.44. The topological polar surface area (TPSA) is 38.5 Å². The minimum Gasteiger partial charge on any atom is -0.496 e. The number of halogens is 1. The first-order chi connectivity index (χ1) is 9.15. The zero-order valence-corrected chi connectivity index (χ0v) is 13.3. The number of rotatable bonds is 4. The van der Waals surface area contributed by atoms with E-state index < -0.39 is 0 Å². The Hall–Kier alpha value is -0.580. The van der Waals surface area contributed by atoms with Crippen LogP contribution >= 0.6 is 15.9 Å². The highest BCUT2D eigenvalue weighted by Gasteiger charge is 2.26. The van der Waals surface area contributed by atoms with Gasteiger partial charge in [-0.1, -0.05) is 12.5 Å². The molecule has 4 heteroatoms. The van der Waals surface area contributed by atoms with E-state index in [1.165, 1.54) is 24.8 Å². The van der Waals surface area contributed by atoms with Gasteiger partial charge in [-0.2, -0.15) is 0 Å². The molecule has 106 valence electrons. The molecule has 1 aliphatic rings. The van der Waals surface area contributed by atoms with Gasteiger partial charge in [-0.05, 0) is 53.4 Å². The zero-order chi connectivity index (χ0) is 13.8. The Morgan fingerprint density at radius 3 is 2.84 bits per heavy atom. The van der Waals surface area contributed by atoms with E-state index in [0.717, 1.165) is 23.3 Å². The average Bonchev–Trinajstić information content (AvgIpc) is 2.41. The predicted molar refractivity (Wildman–Crippen MR) is 82.4 cm³/mol. The Kier molecular flexibility index (Phi) is 5.25. The fourth-order valence-corrected chi connectivity index (χ4v) is 3.49. The summed E-state index contributed by atoms with van der Waals surface area (Å²) in [5.74, 6) is 0.880. The molecule has 1 fully saturated rings. The molecule has 0 aliphatic carbocycles. The van der Waals surface area contributed by atoms with Crippen LogP contribution in [0.15, 0.2) is 22.7 Å². The maximum absolute atomic E-state index is 5.91. The normalized spacial score (nSPS) is 24.4. The van der Waals surface area contributed by atoms with E-state index in [1.54, 1.807) is 7.11 Å². The third-order valence-corrected chi connectivity index (χ3v) is 4.67. The van der Waals surface area contributed by atoms with E-state index in [9.17, 15) is 0 Å². The molecule has 0 bridgehead atoms. The summed E-state index contributed by atoms with van der Waals surface area (Å²) in [6.45, 7) is 4.02. The number of hydrogen-bond acceptors (Lipinski definition) is 3. The molecule has 2 atom stereocenters. The van der Waals surface area contributed by atoms with E-state index in [2.05, 4.69) is 39.9 Å². The number of piperidine rings is 1. The number of hydrogen-bond donors (Lipinski definition) is 1. The van der Waals surface area contributed by atoms with E-state index in [-0.39, 0.29) is 0 Å². The summed E-state index contributed by atoms with van der Waals surface area (Å²) < 4.78 is 6.29. The number of ether oxygens (including phenoxy) is 1. The third-order valence-electron chi connectivity index (χ3n) is 4.05. The summed E-state index contributed by atoms with van der Waals surface area (Å²) >= 11 is 3.55. The molecule has 2 N–H and O–H groups in total. The van der Waals surface area contributed by atoms with Gasteiger partial charge < -0.3 is 10.5 Å². The van der Waals surface area contributed by atoms with Crippen molar-refractivity contribution in [3.8, 4) is 5.75 Å². The molecule has 1 aromatic rings. The highest BCUT2D eigenvalue weighted by atomic mass is 79.9. The zero-order valence-electron chi connectivity index (χ0n) is 11.7. The maximum Gasteiger partial charge on any atom is 0.133 e. The maximum atomic E-state index is 5.91. The summed E-state index contributed by atoms with van der Waals surface area (Å²) in [5, 5.41) is 0. The molecule has 19 heavy (non-hydrogen) atoms. The number of benzene rings is 1. The smallest absolute Gasteiger partial charge is 0.133 e. The Balaban J connectivity index is 2.12. The SMILES string of the molecule is COc1ccc(CN2C(C)CCCC2CN)cc1Br. The molecule has 1 aromatic carbocycles. The van der Waals surface area contributed by atoms with E-state index in [0.29, 0.717) is 12.1 Å². The van der Waals surface area contributed by atoms with Gasteiger partial charge in [0.15, 0.2) is 0 Å². The van der Waals surface area contributed by atoms with Gasteiger partial charge in [0.05, 0.1) is 11.6 Å². The molecular formula is C15H23BrN2O.